The number of likely N-dealkylation sites (N-methyl/N-ethyl adjacent to an activating group) is 1. The van der Waals surface area contributed by atoms with Gasteiger partial charge in [0, 0.05) is 19.0 Å². The molecule has 1 heterocycles. The molecule has 2 atom stereocenters. The zero-order chi connectivity index (χ0) is 30.8. The summed E-state index contributed by atoms with van der Waals surface area (Å²) in [5, 5.41) is 7.41. The first kappa shape index (κ1) is 30.2. The van der Waals surface area contributed by atoms with E-state index in [0.29, 0.717) is 39.1 Å². The molecule has 0 fully saturated rings. The number of esters is 1. The predicted molar refractivity (Wildman–Crippen MR) is 159 cm³/mol. The van der Waals surface area contributed by atoms with Crippen LogP contribution in [-0.2, 0) is 19.1 Å². The molecule has 0 bridgehead atoms. The summed E-state index contributed by atoms with van der Waals surface area (Å²) in [7, 11) is 4.29. The number of amides is 3. The standard InChI is InChI=1S/C31H36N4O7/c1-18(34(5)30(39)42-31(2,3)4)27(36)33-23-17-32-22-10-8-9-11-24(22)35(28(23)37)26-21-14-12-20(29(38)41-7)16-19(21)13-15-25(26)40-6/h8-16,18,23,32H,17H2,1-7H3,(H,33,36)/t18-,23-/m0/s1. The van der Waals surface area contributed by atoms with Crippen LogP contribution in [0.2, 0.25) is 0 Å². The molecule has 0 aliphatic carbocycles. The lowest BCUT2D eigenvalue weighted by atomic mass is 10.0. The molecule has 1 aliphatic rings. The van der Waals surface area contributed by atoms with Crippen LogP contribution < -0.4 is 20.3 Å². The van der Waals surface area contributed by atoms with Crippen LogP contribution in [0.25, 0.3) is 10.8 Å². The SMILES string of the molecule is COC(=O)c1ccc2c(N3C(=O)[C@@H](NC(=O)[C@H](C)N(C)C(=O)OC(C)(C)C)CNc4ccccc43)c(OC)ccc2c1. The van der Waals surface area contributed by atoms with Crippen molar-refractivity contribution in [2.75, 3.05) is 38.0 Å². The molecule has 0 saturated carbocycles. The summed E-state index contributed by atoms with van der Waals surface area (Å²) < 4.78 is 16.0. The number of anilines is 3. The number of carbonyl (C=O) groups excluding carboxylic acids is 4. The molecular weight excluding hydrogens is 540 g/mol. The highest BCUT2D eigenvalue weighted by atomic mass is 16.6. The number of para-hydroxylation sites is 2. The molecule has 1 aliphatic heterocycles. The molecule has 0 saturated heterocycles. The van der Waals surface area contributed by atoms with Crippen molar-refractivity contribution in [1.82, 2.24) is 10.2 Å². The van der Waals surface area contributed by atoms with Gasteiger partial charge in [0.15, 0.2) is 0 Å². The van der Waals surface area contributed by atoms with E-state index in [2.05, 4.69) is 10.6 Å². The maximum Gasteiger partial charge on any atom is 0.410 e. The number of methoxy groups -OCH3 is 2. The fourth-order valence-corrected chi connectivity index (χ4v) is 4.63. The van der Waals surface area contributed by atoms with Gasteiger partial charge in [-0.1, -0.05) is 24.3 Å². The number of nitrogens with zero attached hydrogens (tertiary/aromatic N) is 2. The second kappa shape index (κ2) is 12.0. The van der Waals surface area contributed by atoms with Crippen LogP contribution in [0.5, 0.6) is 5.75 Å². The number of rotatable bonds is 6. The van der Waals surface area contributed by atoms with Crippen molar-refractivity contribution >= 4 is 51.7 Å². The maximum atomic E-state index is 14.3. The molecule has 11 nitrogen and oxygen atoms in total. The molecule has 4 rings (SSSR count). The Bertz CT molecular complexity index is 1530. The average Bonchev–Trinajstić information content (AvgIpc) is 3.10. The molecule has 3 aromatic rings. The van der Waals surface area contributed by atoms with Gasteiger partial charge < -0.3 is 24.8 Å². The number of ether oxygens (including phenoxy) is 3. The minimum atomic E-state index is -1.01. The third-order valence-electron chi connectivity index (χ3n) is 6.94. The van der Waals surface area contributed by atoms with E-state index in [9.17, 15) is 19.2 Å². The summed E-state index contributed by atoms with van der Waals surface area (Å²) in [6.07, 6.45) is -0.656. The lowest BCUT2D eigenvalue weighted by Gasteiger charge is -2.30. The first-order valence-electron chi connectivity index (χ1n) is 13.5. The Hall–Kier alpha value is -4.80. The van der Waals surface area contributed by atoms with Gasteiger partial charge in [-0.3, -0.25) is 19.4 Å². The fraction of sp³-hybridized carbons (Fsp3) is 0.355. The Kier molecular flexibility index (Phi) is 8.60. The smallest absolute Gasteiger partial charge is 0.410 e. The summed E-state index contributed by atoms with van der Waals surface area (Å²) >= 11 is 0. The van der Waals surface area contributed by atoms with Crippen molar-refractivity contribution in [3.63, 3.8) is 0 Å². The highest BCUT2D eigenvalue weighted by Crippen LogP contribution is 2.44. The largest absolute Gasteiger partial charge is 0.495 e. The van der Waals surface area contributed by atoms with Gasteiger partial charge >= 0.3 is 12.1 Å². The van der Waals surface area contributed by atoms with Crippen molar-refractivity contribution < 1.29 is 33.4 Å². The minimum Gasteiger partial charge on any atom is -0.495 e. The number of benzene rings is 3. The third-order valence-corrected chi connectivity index (χ3v) is 6.94. The van der Waals surface area contributed by atoms with Gasteiger partial charge in [-0.15, -0.1) is 0 Å². The lowest BCUT2D eigenvalue weighted by Crippen LogP contribution is -2.55. The van der Waals surface area contributed by atoms with Gasteiger partial charge in [-0.25, -0.2) is 9.59 Å². The zero-order valence-electron chi connectivity index (χ0n) is 24.8. The molecule has 222 valence electrons. The quantitative estimate of drug-likeness (QED) is 0.412. The average molecular weight is 577 g/mol. The van der Waals surface area contributed by atoms with Crippen molar-refractivity contribution in [3.8, 4) is 5.75 Å². The first-order valence-corrected chi connectivity index (χ1v) is 13.5. The molecule has 3 aromatic carbocycles. The van der Waals surface area contributed by atoms with Crippen LogP contribution in [0.3, 0.4) is 0 Å². The van der Waals surface area contributed by atoms with Crippen molar-refractivity contribution in [1.29, 1.82) is 0 Å². The van der Waals surface area contributed by atoms with Gasteiger partial charge in [0.25, 0.3) is 5.91 Å². The molecule has 0 aromatic heterocycles. The lowest BCUT2D eigenvalue weighted by molar-refractivity contribution is -0.129. The fourth-order valence-electron chi connectivity index (χ4n) is 4.63. The molecule has 2 N–H and O–H groups in total. The predicted octanol–water partition coefficient (Wildman–Crippen LogP) is 4.47. The molecule has 0 radical (unpaired) electrons. The number of fused-ring (bicyclic) bond motifs is 2. The second-order valence-electron chi connectivity index (χ2n) is 10.9. The zero-order valence-corrected chi connectivity index (χ0v) is 24.8. The molecule has 0 spiro atoms. The van der Waals surface area contributed by atoms with Gasteiger partial charge in [-0.05, 0) is 63.4 Å². The van der Waals surface area contributed by atoms with Crippen LogP contribution in [0, 0.1) is 0 Å². The molecule has 11 heteroatoms. The Morgan fingerprint density at radius 3 is 2.45 bits per heavy atom. The van der Waals surface area contributed by atoms with Crippen LogP contribution in [0.1, 0.15) is 38.1 Å². The monoisotopic (exact) mass is 576 g/mol. The normalized spacial score (nSPS) is 15.5. The van der Waals surface area contributed by atoms with Crippen molar-refractivity contribution in [2.24, 2.45) is 0 Å². The van der Waals surface area contributed by atoms with E-state index in [1.165, 1.54) is 31.1 Å². The van der Waals surface area contributed by atoms with E-state index in [1.807, 2.05) is 18.2 Å². The third kappa shape index (κ3) is 6.09. The van der Waals surface area contributed by atoms with Crippen LogP contribution in [0.4, 0.5) is 21.9 Å². The highest BCUT2D eigenvalue weighted by Gasteiger charge is 2.36. The first-order chi connectivity index (χ1) is 19.9. The summed E-state index contributed by atoms with van der Waals surface area (Å²) in [4.78, 5) is 55.1. The molecular formula is C31H36N4O7. The van der Waals surface area contributed by atoms with E-state index in [0.717, 1.165) is 0 Å². The number of hydrogen-bond donors (Lipinski definition) is 2. The number of carbonyl (C=O) groups is 4. The second-order valence-corrected chi connectivity index (χ2v) is 10.9. The number of hydrogen-bond acceptors (Lipinski definition) is 8. The van der Waals surface area contributed by atoms with Crippen LogP contribution in [-0.4, -0.2) is 74.3 Å². The molecule has 42 heavy (non-hydrogen) atoms. The van der Waals surface area contributed by atoms with E-state index in [-0.39, 0.29) is 6.54 Å². The highest BCUT2D eigenvalue weighted by molar-refractivity contribution is 6.15. The Morgan fingerprint density at radius 1 is 1.07 bits per heavy atom. The molecule has 0 unspecified atom stereocenters. The van der Waals surface area contributed by atoms with Gasteiger partial charge in [0.05, 0.1) is 36.8 Å². The van der Waals surface area contributed by atoms with Crippen molar-refractivity contribution in [3.05, 3.63) is 60.2 Å². The summed E-state index contributed by atoms with van der Waals surface area (Å²) in [5.41, 5.74) is 1.31. The molecule has 3 amide bonds. The maximum absolute atomic E-state index is 14.3. The van der Waals surface area contributed by atoms with E-state index in [4.69, 9.17) is 14.2 Å². The van der Waals surface area contributed by atoms with Crippen molar-refractivity contribution in [2.45, 2.75) is 45.4 Å². The van der Waals surface area contributed by atoms with Crippen LogP contribution in [0.15, 0.2) is 54.6 Å². The summed E-state index contributed by atoms with van der Waals surface area (Å²) in [6, 6.07) is 13.9. The summed E-state index contributed by atoms with van der Waals surface area (Å²) in [5.74, 6) is -1.01. The number of nitrogens with one attached hydrogen (secondary N) is 2. The van der Waals surface area contributed by atoms with E-state index >= 15 is 0 Å². The minimum absolute atomic E-state index is 0.0977. The van der Waals surface area contributed by atoms with E-state index < -0.39 is 41.6 Å². The van der Waals surface area contributed by atoms with Gasteiger partial charge in [-0.2, -0.15) is 0 Å². The van der Waals surface area contributed by atoms with E-state index in [1.54, 1.807) is 64.1 Å². The van der Waals surface area contributed by atoms with Crippen LogP contribution >= 0.6 is 0 Å². The Labute approximate surface area is 244 Å². The van der Waals surface area contributed by atoms with Gasteiger partial charge in [0.1, 0.15) is 23.4 Å². The van der Waals surface area contributed by atoms with Gasteiger partial charge in [0.2, 0.25) is 5.91 Å². The summed E-state index contributed by atoms with van der Waals surface area (Å²) in [6.45, 7) is 6.88. The Morgan fingerprint density at radius 2 is 1.79 bits per heavy atom. The topological polar surface area (TPSA) is 127 Å². The Balaban J connectivity index is 1.75.